The number of aryl methyl sites for hydroxylation is 1. The van der Waals surface area contributed by atoms with Crippen LogP contribution in [0.2, 0.25) is 0 Å². The van der Waals surface area contributed by atoms with Gasteiger partial charge >= 0.3 is 0 Å². The van der Waals surface area contributed by atoms with Gasteiger partial charge in [0.25, 0.3) is 0 Å². The number of hydrogen-bond acceptors (Lipinski definition) is 6. The second-order valence-corrected chi connectivity index (χ2v) is 4.81. The lowest BCUT2D eigenvalue weighted by molar-refractivity contribution is 0.198. The van der Waals surface area contributed by atoms with Crippen LogP contribution in [0, 0.1) is 0 Å². The molecule has 0 aliphatic rings. The molecule has 1 aromatic heterocycles. The fourth-order valence-corrected chi connectivity index (χ4v) is 2.14. The molecule has 17 heavy (non-hydrogen) atoms. The first kappa shape index (κ1) is 14.5. The van der Waals surface area contributed by atoms with E-state index in [2.05, 4.69) is 34.1 Å². The lowest BCUT2D eigenvalue weighted by Gasteiger charge is -2.14. The topological polar surface area (TPSA) is 59.1 Å². The molecule has 1 aromatic rings. The third kappa shape index (κ3) is 5.54. The Morgan fingerprint density at radius 3 is 3.00 bits per heavy atom. The molecule has 0 fully saturated rings. The Labute approximate surface area is 107 Å². The van der Waals surface area contributed by atoms with Crippen molar-refractivity contribution < 1.29 is 4.74 Å². The highest BCUT2D eigenvalue weighted by molar-refractivity contribution is 7.05. The second-order valence-electron chi connectivity index (χ2n) is 3.98. The Bertz CT molecular complexity index is 305. The molecule has 0 aromatic carbocycles. The van der Waals surface area contributed by atoms with Gasteiger partial charge in [0, 0.05) is 32.8 Å². The average Bonchev–Trinajstić information content (AvgIpc) is 2.79. The second kappa shape index (κ2) is 8.52. The Hall–Kier alpha value is -0.560. The molecule has 0 saturated carbocycles. The van der Waals surface area contributed by atoms with Gasteiger partial charge in [-0.05, 0) is 24.9 Å². The molecule has 1 atom stereocenters. The molecule has 0 aliphatic carbocycles. The van der Waals surface area contributed by atoms with E-state index in [1.54, 1.807) is 7.11 Å². The summed E-state index contributed by atoms with van der Waals surface area (Å²) >= 11 is 1.48. The monoisotopic (exact) mass is 258 g/mol. The van der Waals surface area contributed by atoms with Gasteiger partial charge in [0.1, 0.15) is 0 Å². The van der Waals surface area contributed by atoms with Gasteiger partial charge in [-0.2, -0.15) is 0 Å². The Morgan fingerprint density at radius 1 is 1.47 bits per heavy atom. The summed E-state index contributed by atoms with van der Waals surface area (Å²) in [6.07, 6.45) is 0.952. The molecule has 0 amide bonds. The van der Waals surface area contributed by atoms with Gasteiger partial charge in [0.15, 0.2) is 0 Å². The minimum absolute atomic E-state index is 0.429. The largest absolute Gasteiger partial charge is 0.383 e. The van der Waals surface area contributed by atoms with Crippen molar-refractivity contribution in [2.24, 2.45) is 0 Å². The van der Waals surface area contributed by atoms with Crippen LogP contribution < -0.4 is 10.6 Å². The normalized spacial score (nSPS) is 12.9. The van der Waals surface area contributed by atoms with Crippen LogP contribution in [0.15, 0.2) is 0 Å². The first-order valence-corrected chi connectivity index (χ1v) is 6.78. The standard InChI is InChI=1S/C11H22N4OS/c1-4-10-11(17-15-14-10)8-13-9(2)7-12-5-6-16-3/h9,12-13H,4-8H2,1-3H3. The summed E-state index contributed by atoms with van der Waals surface area (Å²) in [6, 6.07) is 0.429. The summed E-state index contributed by atoms with van der Waals surface area (Å²) in [6.45, 7) is 7.72. The van der Waals surface area contributed by atoms with E-state index in [0.29, 0.717) is 6.04 Å². The Balaban J connectivity index is 2.17. The molecule has 0 saturated heterocycles. The van der Waals surface area contributed by atoms with Crippen LogP contribution in [-0.2, 0) is 17.7 Å². The molecule has 0 spiro atoms. The summed E-state index contributed by atoms with van der Waals surface area (Å²) in [5, 5.41) is 10.9. The van der Waals surface area contributed by atoms with Crippen LogP contribution in [0.5, 0.6) is 0 Å². The number of nitrogens with one attached hydrogen (secondary N) is 2. The quantitative estimate of drug-likeness (QED) is 0.642. The van der Waals surface area contributed by atoms with E-state index in [1.807, 2.05) is 0 Å². The molecule has 2 N–H and O–H groups in total. The van der Waals surface area contributed by atoms with Crippen LogP contribution in [0.3, 0.4) is 0 Å². The van der Waals surface area contributed by atoms with Crippen LogP contribution in [-0.4, -0.2) is 42.4 Å². The van der Waals surface area contributed by atoms with Gasteiger partial charge < -0.3 is 15.4 Å². The molecule has 98 valence electrons. The molecule has 5 nitrogen and oxygen atoms in total. The van der Waals surface area contributed by atoms with Crippen molar-refractivity contribution in [1.82, 2.24) is 20.2 Å². The van der Waals surface area contributed by atoms with Crippen molar-refractivity contribution in [1.29, 1.82) is 0 Å². The molecule has 1 rings (SSSR count). The van der Waals surface area contributed by atoms with Crippen LogP contribution in [0.1, 0.15) is 24.4 Å². The van der Waals surface area contributed by atoms with Gasteiger partial charge in [-0.25, -0.2) is 0 Å². The molecule has 1 heterocycles. The van der Waals surface area contributed by atoms with E-state index in [4.69, 9.17) is 4.74 Å². The number of ether oxygens (including phenoxy) is 1. The molecule has 0 radical (unpaired) electrons. The molecular weight excluding hydrogens is 236 g/mol. The third-order valence-corrected chi connectivity index (χ3v) is 3.28. The van der Waals surface area contributed by atoms with Gasteiger partial charge in [0.2, 0.25) is 0 Å². The minimum atomic E-state index is 0.429. The van der Waals surface area contributed by atoms with Crippen molar-refractivity contribution in [3.63, 3.8) is 0 Å². The zero-order chi connectivity index (χ0) is 12.5. The number of rotatable bonds is 9. The molecular formula is C11H22N4OS. The van der Waals surface area contributed by atoms with Gasteiger partial charge in [0.05, 0.1) is 17.2 Å². The lowest BCUT2D eigenvalue weighted by atomic mass is 10.2. The zero-order valence-corrected chi connectivity index (χ0v) is 11.6. The van der Waals surface area contributed by atoms with Crippen molar-refractivity contribution >= 4 is 11.5 Å². The van der Waals surface area contributed by atoms with E-state index in [9.17, 15) is 0 Å². The summed E-state index contributed by atoms with van der Waals surface area (Å²) in [4.78, 5) is 1.25. The van der Waals surface area contributed by atoms with Crippen LogP contribution in [0.25, 0.3) is 0 Å². The predicted octanol–water partition coefficient (Wildman–Crippen LogP) is 0.815. The average molecular weight is 258 g/mol. The SMILES string of the molecule is CCc1nnsc1CNC(C)CNCCOC. The van der Waals surface area contributed by atoms with Crippen molar-refractivity contribution in [3.05, 3.63) is 10.6 Å². The predicted molar refractivity (Wildman–Crippen MR) is 70.3 cm³/mol. The van der Waals surface area contributed by atoms with Gasteiger partial charge in [-0.15, -0.1) is 5.10 Å². The van der Waals surface area contributed by atoms with Crippen molar-refractivity contribution in [3.8, 4) is 0 Å². The maximum atomic E-state index is 4.98. The lowest BCUT2D eigenvalue weighted by Crippen LogP contribution is -2.37. The number of hydrogen-bond donors (Lipinski definition) is 2. The van der Waals surface area contributed by atoms with Crippen LogP contribution >= 0.6 is 11.5 Å². The first-order valence-electron chi connectivity index (χ1n) is 6.01. The highest BCUT2D eigenvalue weighted by atomic mass is 32.1. The van der Waals surface area contributed by atoms with E-state index >= 15 is 0 Å². The van der Waals surface area contributed by atoms with Gasteiger partial charge in [-0.1, -0.05) is 11.4 Å². The summed E-state index contributed by atoms with van der Waals surface area (Å²) in [5.74, 6) is 0. The number of nitrogens with zero attached hydrogens (tertiary/aromatic N) is 2. The molecule has 6 heteroatoms. The van der Waals surface area contributed by atoms with Crippen LogP contribution in [0.4, 0.5) is 0 Å². The van der Waals surface area contributed by atoms with Gasteiger partial charge in [-0.3, -0.25) is 0 Å². The number of methoxy groups -OCH3 is 1. The maximum Gasteiger partial charge on any atom is 0.0797 e. The highest BCUT2D eigenvalue weighted by Crippen LogP contribution is 2.10. The van der Waals surface area contributed by atoms with E-state index in [0.717, 1.165) is 38.4 Å². The number of aromatic nitrogens is 2. The minimum Gasteiger partial charge on any atom is -0.383 e. The van der Waals surface area contributed by atoms with Crippen molar-refractivity contribution in [2.45, 2.75) is 32.9 Å². The first-order chi connectivity index (χ1) is 8.27. The highest BCUT2D eigenvalue weighted by Gasteiger charge is 2.07. The fraction of sp³-hybridized carbons (Fsp3) is 0.818. The fourth-order valence-electron chi connectivity index (χ4n) is 1.46. The molecule has 1 unspecified atom stereocenters. The van der Waals surface area contributed by atoms with E-state index < -0.39 is 0 Å². The summed E-state index contributed by atoms with van der Waals surface area (Å²) in [7, 11) is 1.71. The smallest absolute Gasteiger partial charge is 0.0797 e. The van der Waals surface area contributed by atoms with E-state index in [1.165, 1.54) is 16.4 Å². The Kier molecular flexibility index (Phi) is 7.27. The zero-order valence-electron chi connectivity index (χ0n) is 10.8. The maximum absolute atomic E-state index is 4.98. The molecule has 0 aliphatic heterocycles. The Morgan fingerprint density at radius 2 is 2.29 bits per heavy atom. The summed E-state index contributed by atoms with van der Waals surface area (Å²) < 4.78 is 8.95. The molecule has 0 bridgehead atoms. The van der Waals surface area contributed by atoms with Crippen molar-refractivity contribution in [2.75, 3.05) is 26.8 Å². The summed E-state index contributed by atoms with van der Waals surface area (Å²) in [5.41, 5.74) is 1.11. The third-order valence-electron chi connectivity index (χ3n) is 2.51. The van der Waals surface area contributed by atoms with E-state index in [-0.39, 0.29) is 0 Å².